The third-order valence-electron chi connectivity index (χ3n) is 4.47. The number of anilines is 1. The number of hydrogen-bond donors (Lipinski definition) is 1. The van der Waals surface area contributed by atoms with Gasteiger partial charge in [-0.2, -0.15) is 5.10 Å². The molecule has 0 spiro atoms. The molecule has 29 heavy (non-hydrogen) atoms. The molecule has 3 rings (SSSR count). The second-order valence-corrected chi connectivity index (χ2v) is 6.89. The van der Waals surface area contributed by atoms with Crippen LogP contribution in [0.15, 0.2) is 59.4 Å². The van der Waals surface area contributed by atoms with E-state index in [1.807, 2.05) is 24.3 Å². The van der Waals surface area contributed by atoms with Gasteiger partial charge in [-0.25, -0.2) is 9.07 Å². The van der Waals surface area contributed by atoms with Crippen LogP contribution < -0.4 is 15.6 Å². The van der Waals surface area contributed by atoms with E-state index in [1.165, 1.54) is 31.4 Å². The van der Waals surface area contributed by atoms with Crippen LogP contribution in [0.25, 0.3) is 11.3 Å². The number of benzene rings is 2. The average Bonchev–Trinajstić information content (AvgIpc) is 2.70. The van der Waals surface area contributed by atoms with Crippen LogP contribution in [0.1, 0.15) is 25.3 Å². The van der Waals surface area contributed by atoms with E-state index in [2.05, 4.69) is 24.3 Å². The van der Waals surface area contributed by atoms with Gasteiger partial charge in [-0.05, 0) is 41.8 Å². The van der Waals surface area contributed by atoms with E-state index in [0.29, 0.717) is 17.4 Å². The Kier molecular flexibility index (Phi) is 6.07. The van der Waals surface area contributed by atoms with Crippen molar-refractivity contribution >= 4 is 11.6 Å². The highest BCUT2D eigenvalue weighted by molar-refractivity contribution is 5.90. The molecular weight excluding hydrogens is 373 g/mol. The number of amides is 1. The fourth-order valence-electron chi connectivity index (χ4n) is 2.82. The zero-order chi connectivity index (χ0) is 21.0. The summed E-state index contributed by atoms with van der Waals surface area (Å²) in [5, 5.41) is 6.88. The number of carbonyl (C=O) groups excluding carboxylic acids is 1. The van der Waals surface area contributed by atoms with Gasteiger partial charge in [0.1, 0.15) is 18.1 Å². The number of carbonyl (C=O) groups is 1. The largest absolute Gasteiger partial charge is 0.497 e. The van der Waals surface area contributed by atoms with Gasteiger partial charge in [0.2, 0.25) is 5.91 Å². The normalized spacial score (nSPS) is 10.8. The number of ether oxygens (including phenoxy) is 1. The van der Waals surface area contributed by atoms with Crippen molar-refractivity contribution in [3.63, 3.8) is 0 Å². The molecule has 1 N–H and O–H groups in total. The molecule has 7 heteroatoms. The van der Waals surface area contributed by atoms with Gasteiger partial charge in [0.05, 0.1) is 12.8 Å². The van der Waals surface area contributed by atoms with Crippen LogP contribution in [0.4, 0.5) is 10.1 Å². The van der Waals surface area contributed by atoms with Crippen LogP contribution in [0.3, 0.4) is 0 Å². The van der Waals surface area contributed by atoms with Gasteiger partial charge < -0.3 is 10.1 Å². The molecule has 1 amide bonds. The molecule has 0 bridgehead atoms. The van der Waals surface area contributed by atoms with Gasteiger partial charge in [-0.3, -0.25) is 9.59 Å². The Balaban J connectivity index is 1.78. The lowest BCUT2D eigenvalue weighted by Crippen LogP contribution is -2.29. The van der Waals surface area contributed by atoms with E-state index in [4.69, 9.17) is 4.74 Å². The molecule has 0 aliphatic rings. The maximum absolute atomic E-state index is 14.3. The van der Waals surface area contributed by atoms with Gasteiger partial charge in [-0.15, -0.1) is 0 Å². The molecule has 0 aliphatic carbocycles. The number of methoxy groups -OCH3 is 1. The molecule has 6 nitrogen and oxygen atoms in total. The van der Waals surface area contributed by atoms with Crippen molar-refractivity contribution < 1.29 is 13.9 Å². The summed E-state index contributed by atoms with van der Waals surface area (Å²) in [5.74, 6) is -0.160. The molecule has 1 heterocycles. The first-order valence-electron chi connectivity index (χ1n) is 9.19. The quantitative estimate of drug-likeness (QED) is 0.689. The molecule has 0 saturated heterocycles. The molecule has 150 valence electrons. The number of rotatable bonds is 6. The minimum absolute atomic E-state index is 0.212. The maximum atomic E-state index is 14.3. The molecule has 0 radical (unpaired) electrons. The molecule has 0 fully saturated rings. The predicted octanol–water partition coefficient (Wildman–Crippen LogP) is 3.82. The summed E-state index contributed by atoms with van der Waals surface area (Å²) in [7, 11) is 1.45. The number of halogens is 1. The lowest BCUT2D eigenvalue weighted by Gasteiger charge is -2.10. The van der Waals surface area contributed by atoms with Gasteiger partial charge in [-0.1, -0.05) is 26.0 Å². The van der Waals surface area contributed by atoms with E-state index in [1.54, 1.807) is 6.07 Å². The topological polar surface area (TPSA) is 73.2 Å². The van der Waals surface area contributed by atoms with Crippen molar-refractivity contribution in [1.29, 1.82) is 0 Å². The van der Waals surface area contributed by atoms with Crippen molar-refractivity contribution in [2.45, 2.75) is 26.3 Å². The van der Waals surface area contributed by atoms with Crippen molar-refractivity contribution in [3.8, 4) is 17.0 Å². The molecule has 0 atom stereocenters. The van der Waals surface area contributed by atoms with Gasteiger partial charge in [0.15, 0.2) is 0 Å². The molecule has 1 aromatic heterocycles. The van der Waals surface area contributed by atoms with Crippen LogP contribution in [0.2, 0.25) is 0 Å². The van der Waals surface area contributed by atoms with Crippen LogP contribution in [0.5, 0.6) is 5.75 Å². The Morgan fingerprint density at radius 1 is 1.14 bits per heavy atom. The zero-order valence-corrected chi connectivity index (χ0v) is 16.5. The molecule has 0 unspecified atom stereocenters. The average molecular weight is 395 g/mol. The van der Waals surface area contributed by atoms with Crippen LogP contribution in [0, 0.1) is 5.82 Å². The monoisotopic (exact) mass is 395 g/mol. The van der Waals surface area contributed by atoms with Gasteiger partial charge in [0, 0.05) is 23.4 Å². The fraction of sp³-hybridized carbons (Fsp3) is 0.227. The van der Waals surface area contributed by atoms with E-state index in [0.717, 1.165) is 10.2 Å². The second-order valence-electron chi connectivity index (χ2n) is 6.89. The summed E-state index contributed by atoms with van der Waals surface area (Å²) in [5.41, 5.74) is 1.80. The highest BCUT2D eigenvalue weighted by atomic mass is 19.1. The minimum atomic E-state index is -0.531. The predicted molar refractivity (Wildman–Crippen MR) is 110 cm³/mol. The Labute approximate surface area is 168 Å². The molecule has 0 aliphatic heterocycles. The van der Waals surface area contributed by atoms with Crippen molar-refractivity contribution in [2.75, 3.05) is 12.4 Å². The third kappa shape index (κ3) is 4.87. The standard InChI is InChI=1S/C22H22FN3O3/c1-14(2)15-4-6-16(7-5-15)24-21(27)13-26-22(28)11-10-20(25-26)18-9-8-17(29-3)12-19(18)23/h4-12,14H,13H2,1-3H3,(H,24,27). The van der Waals surface area contributed by atoms with Gasteiger partial charge in [0.25, 0.3) is 5.56 Å². The Morgan fingerprint density at radius 2 is 1.86 bits per heavy atom. The minimum Gasteiger partial charge on any atom is -0.497 e. The fourth-order valence-corrected chi connectivity index (χ4v) is 2.82. The highest BCUT2D eigenvalue weighted by Crippen LogP contribution is 2.24. The highest BCUT2D eigenvalue weighted by Gasteiger charge is 2.12. The lowest BCUT2D eigenvalue weighted by atomic mass is 10.0. The van der Waals surface area contributed by atoms with Crippen molar-refractivity contribution in [1.82, 2.24) is 9.78 Å². The molecular formula is C22H22FN3O3. The Morgan fingerprint density at radius 3 is 2.48 bits per heavy atom. The third-order valence-corrected chi connectivity index (χ3v) is 4.47. The SMILES string of the molecule is COc1ccc(-c2ccc(=O)n(CC(=O)Nc3ccc(C(C)C)cc3)n2)c(F)c1. The summed E-state index contributed by atoms with van der Waals surface area (Å²) in [6.07, 6.45) is 0. The van der Waals surface area contributed by atoms with Crippen LogP contribution in [-0.4, -0.2) is 22.8 Å². The smallest absolute Gasteiger partial charge is 0.267 e. The summed E-state index contributed by atoms with van der Waals surface area (Å²) in [6, 6.07) is 14.5. The first-order chi connectivity index (χ1) is 13.9. The maximum Gasteiger partial charge on any atom is 0.267 e. The summed E-state index contributed by atoms with van der Waals surface area (Å²) in [6.45, 7) is 3.89. The number of aromatic nitrogens is 2. The van der Waals surface area contributed by atoms with E-state index >= 15 is 0 Å². The first-order valence-corrected chi connectivity index (χ1v) is 9.19. The molecule has 3 aromatic rings. The number of hydrogen-bond acceptors (Lipinski definition) is 4. The van der Waals surface area contributed by atoms with E-state index in [-0.39, 0.29) is 17.8 Å². The first kappa shape index (κ1) is 20.3. The Hall–Kier alpha value is -3.48. The van der Waals surface area contributed by atoms with Crippen molar-refractivity contribution in [2.24, 2.45) is 0 Å². The van der Waals surface area contributed by atoms with Gasteiger partial charge >= 0.3 is 0 Å². The number of nitrogens with zero attached hydrogens (tertiary/aromatic N) is 2. The molecule has 0 saturated carbocycles. The second kappa shape index (κ2) is 8.68. The van der Waals surface area contributed by atoms with Crippen molar-refractivity contribution in [3.05, 3.63) is 76.3 Å². The summed E-state index contributed by atoms with van der Waals surface area (Å²) >= 11 is 0. The number of nitrogens with one attached hydrogen (secondary N) is 1. The van der Waals surface area contributed by atoms with Crippen LogP contribution in [-0.2, 0) is 11.3 Å². The van der Waals surface area contributed by atoms with E-state index in [9.17, 15) is 14.0 Å². The lowest BCUT2D eigenvalue weighted by molar-refractivity contribution is -0.117. The van der Waals surface area contributed by atoms with Crippen LogP contribution >= 0.6 is 0 Å². The van der Waals surface area contributed by atoms with E-state index < -0.39 is 17.3 Å². The Bertz CT molecular complexity index is 1080. The summed E-state index contributed by atoms with van der Waals surface area (Å²) < 4.78 is 20.3. The summed E-state index contributed by atoms with van der Waals surface area (Å²) in [4.78, 5) is 24.5. The zero-order valence-electron chi connectivity index (χ0n) is 16.5. The molecule has 2 aromatic carbocycles.